The van der Waals surface area contributed by atoms with Gasteiger partial charge in [0.15, 0.2) is 5.78 Å². The third-order valence-corrected chi connectivity index (χ3v) is 6.64. The Bertz CT molecular complexity index is 1130. The number of amides is 1. The van der Waals surface area contributed by atoms with Gasteiger partial charge in [-0.25, -0.2) is 0 Å². The third-order valence-electron chi connectivity index (χ3n) is 5.81. The number of carbonyl (C=O) groups excluding carboxylic acids is 2. The molecule has 0 fully saturated rings. The van der Waals surface area contributed by atoms with Gasteiger partial charge in [-0.15, -0.1) is 0 Å². The number of hydrogen-bond donors (Lipinski definition) is 2. The van der Waals surface area contributed by atoms with Gasteiger partial charge in [-0.05, 0) is 42.5 Å². The van der Waals surface area contributed by atoms with Crippen LogP contribution >= 0.6 is 23.2 Å². The molecule has 1 atom stereocenters. The Morgan fingerprint density at radius 3 is 2.48 bits per heavy atom. The van der Waals surface area contributed by atoms with Gasteiger partial charge in [-0.1, -0.05) is 67.4 Å². The van der Waals surface area contributed by atoms with Crippen LogP contribution in [0, 0.1) is 5.41 Å². The zero-order valence-electron chi connectivity index (χ0n) is 17.7. The molecule has 2 N–H and O–H groups in total. The summed E-state index contributed by atoms with van der Waals surface area (Å²) in [6.07, 6.45) is 1.13. The summed E-state index contributed by atoms with van der Waals surface area (Å²) in [5.41, 5.74) is 3.82. The van der Waals surface area contributed by atoms with Crippen molar-refractivity contribution in [1.29, 1.82) is 0 Å². The minimum Gasteiger partial charge on any atom is -0.362 e. The van der Waals surface area contributed by atoms with E-state index in [1.807, 2.05) is 43.3 Å². The van der Waals surface area contributed by atoms with Crippen molar-refractivity contribution >= 4 is 40.6 Å². The maximum atomic E-state index is 13.4. The number of benzene rings is 2. The average molecular weight is 455 g/mol. The molecule has 0 saturated heterocycles. The number of carbonyl (C=O) groups is 2. The Balaban J connectivity index is 1.86. The van der Waals surface area contributed by atoms with Gasteiger partial charge in [0.25, 0.3) is 5.91 Å². The lowest BCUT2D eigenvalue weighted by Gasteiger charge is -2.40. The van der Waals surface area contributed by atoms with Crippen LogP contribution in [-0.4, -0.2) is 11.7 Å². The topological polar surface area (TPSA) is 58.2 Å². The maximum Gasteiger partial charge on any atom is 0.254 e. The zero-order chi connectivity index (χ0) is 22.3. The smallest absolute Gasteiger partial charge is 0.254 e. The number of nitrogens with one attached hydrogen (secondary N) is 2. The van der Waals surface area contributed by atoms with E-state index in [1.54, 1.807) is 12.1 Å². The largest absolute Gasteiger partial charge is 0.362 e. The van der Waals surface area contributed by atoms with Crippen molar-refractivity contribution in [3.05, 3.63) is 86.7 Å². The molecule has 2 aromatic carbocycles. The third kappa shape index (κ3) is 4.15. The summed E-state index contributed by atoms with van der Waals surface area (Å²) in [6.45, 7) is 6.02. The molecular weight excluding hydrogens is 431 g/mol. The molecule has 31 heavy (non-hydrogen) atoms. The van der Waals surface area contributed by atoms with Crippen molar-refractivity contribution in [2.24, 2.45) is 5.41 Å². The number of anilines is 1. The fourth-order valence-corrected chi connectivity index (χ4v) is 4.93. The molecule has 1 amide bonds. The summed E-state index contributed by atoms with van der Waals surface area (Å²) >= 11 is 12.9. The highest BCUT2D eigenvalue weighted by atomic mass is 35.5. The van der Waals surface area contributed by atoms with Crippen LogP contribution in [0.2, 0.25) is 10.0 Å². The predicted octanol–water partition coefficient (Wildman–Crippen LogP) is 6.24. The van der Waals surface area contributed by atoms with Gasteiger partial charge in [0, 0.05) is 40.6 Å². The quantitative estimate of drug-likeness (QED) is 0.577. The van der Waals surface area contributed by atoms with E-state index in [2.05, 4.69) is 24.5 Å². The lowest BCUT2D eigenvalue weighted by atomic mass is 9.68. The van der Waals surface area contributed by atoms with Gasteiger partial charge < -0.3 is 10.6 Å². The van der Waals surface area contributed by atoms with Crippen LogP contribution in [0.1, 0.15) is 45.1 Å². The van der Waals surface area contributed by atoms with Gasteiger partial charge >= 0.3 is 0 Å². The second kappa shape index (κ2) is 8.18. The number of hydrogen-bond acceptors (Lipinski definition) is 3. The lowest BCUT2D eigenvalue weighted by Crippen LogP contribution is -2.39. The van der Waals surface area contributed by atoms with Crippen molar-refractivity contribution in [3.63, 3.8) is 0 Å². The first-order valence-corrected chi connectivity index (χ1v) is 11.0. The van der Waals surface area contributed by atoms with E-state index in [-0.39, 0.29) is 17.1 Å². The minimum atomic E-state index is -0.588. The van der Waals surface area contributed by atoms with Crippen LogP contribution in [0.5, 0.6) is 0 Å². The van der Waals surface area contributed by atoms with Crippen molar-refractivity contribution in [3.8, 4) is 0 Å². The van der Waals surface area contributed by atoms with Crippen LogP contribution in [0.15, 0.2) is 71.1 Å². The first-order valence-electron chi connectivity index (χ1n) is 10.2. The number of halogens is 2. The fourth-order valence-electron chi connectivity index (χ4n) is 4.51. The van der Waals surface area contributed by atoms with Crippen LogP contribution in [0.25, 0.3) is 0 Å². The monoisotopic (exact) mass is 454 g/mol. The molecule has 0 spiro atoms. The number of allylic oxidation sites excluding steroid dienone is 3. The summed E-state index contributed by atoms with van der Waals surface area (Å²) < 4.78 is 0. The molecule has 0 bridgehead atoms. The van der Waals surface area contributed by atoms with E-state index >= 15 is 0 Å². The molecule has 1 aliphatic heterocycles. The van der Waals surface area contributed by atoms with Gasteiger partial charge in [-0.3, -0.25) is 9.59 Å². The van der Waals surface area contributed by atoms with E-state index in [9.17, 15) is 9.59 Å². The average Bonchev–Trinajstić information content (AvgIpc) is 2.68. The number of para-hydroxylation sites is 1. The molecule has 2 aromatic rings. The Labute approximate surface area is 192 Å². The number of ketones is 1. The highest BCUT2D eigenvalue weighted by Gasteiger charge is 2.43. The Morgan fingerprint density at radius 1 is 1.06 bits per heavy atom. The summed E-state index contributed by atoms with van der Waals surface area (Å²) in [6, 6.07) is 14.6. The molecule has 0 radical (unpaired) electrons. The van der Waals surface area contributed by atoms with Gasteiger partial charge in [-0.2, -0.15) is 0 Å². The molecule has 160 valence electrons. The molecule has 0 saturated carbocycles. The molecule has 1 unspecified atom stereocenters. The number of rotatable bonds is 3. The fraction of sp³-hybridized carbons (Fsp3) is 0.280. The second-order valence-electron chi connectivity index (χ2n) is 8.89. The summed E-state index contributed by atoms with van der Waals surface area (Å²) in [4.78, 5) is 26.8. The Morgan fingerprint density at radius 2 is 1.77 bits per heavy atom. The van der Waals surface area contributed by atoms with Crippen molar-refractivity contribution in [2.75, 3.05) is 5.32 Å². The number of Topliss-reactive ketones (excluding diaryl/α,β-unsaturated/α-hetero) is 1. The Hall–Kier alpha value is -2.56. The summed E-state index contributed by atoms with van der Waals surface area (Å²) in [7, 11) is 0. The van der Waals surface area contributed by atoms with E-state index < -0.39 is 5.92 Å². The highest BCUT2D eigenvalue weighted by Crippen LogP contribution is 2.48. The van der Waals surface area contributed by atoms with Gasteiger partial charge in [0.05, 0.1) is 10.0 Å². The maximum absolute atomic E-state index is 13.4. The van der Waals surface area contributed by atoms with Crippen molar-refractivity contribution in [2.45, 2.75) is 39.5 Å². The molecule has 6 heteroatoms. The summed E-state index contributed by atoms with van der Waals surface area (Å²) in [5.74, 6) is -0.839. The van der Waals surface area contributed by atoms with Crippen molar-refractivity contribution < 1.29 is 9.59 Å². The highest BCUT2D eigenvalue weighted by molar-refractivity contribution is 6.42. The Kier molecular flexibility index (Phi) is 5.71. The van der Waals surface area contributed by atoms with Crippen LogP contribution in [0.3, 0.4) is 0 Å². The van der Waals surface area contributed by atoms with Crippen LogP contribution < -0.4 is 10.6 Å². The van der Waals surface area contributed by atoms with E-state index in [0.29, 0.717) is 51.0 Å². The lowest BCUT2D eigenvalue weighted by molar-refractivity contribution is -0.118. The number of dihydropyridines is 1. The molecule has 4 nitrogen and oxygen atoms in total. The SMILES string of the molecule is CC1=C(C(=O)Nc2ccccc2)C(c2cccc(Cl)c2Cl)C2=C(CC(C)(C)CC2=O)N1. The molecule has 1 heterocycles. The first kappa shape index (κ1) is 21.7. The standard InChI is InChI=1S/C25H24Cl2N2O2/c1-14-20(24(31)29-15-8-5-4-6-9-15)21(16-10-7-11-17(26)23(16)27)22-18(28-14)12-25(2,3)13-19(22)30/h4-11,21,28H,12-13H2,1-3H3,(H,29,31). The minimum absolute atomic E-state index is 0.0253. The van der Waals surface area contributed by atoms with Gasteiger partial charge in [0.2, 0.25) is 0 Å². The van der Waals surface area contributed by atoms with Crippen molar-refractivity contribution in [1.82, 2.24) is 5.32 Å². The van der Waals surface area contributed by atoms with Crippen LogP contribution in [0.4, 0.5) is 5.69 Å². The van der Waals surface area contributed by atoms with E-state index in [4.69, 9.17) is 23.2 Å². The van der Waals surface area contributed by atoms with E-state index in [1.165, 1.54) is 0 Å². The first-order chi connectivity index (χ1) is 14.7. The zero-order valence-corrected chi connectivity index (χ0v) is 19.2. The second-order valence-corrected chi connectivity index (χ2v) is 9.68. The molecule has 1 aliphatic carbocycles. The molecular formula is C25H24Cl2N2O2. The molecule has 4 rings (SSSR count). The summed E-state index contributed by atoms with van der Waals surface area (Å²) in [5, 5.41) is 7.06. The van der Waals surface area contributed by atoms with E-state index in [0.717, 1.165) is 5.70 Å². The van der Waals surface area contributed by atoms with Crippen LogP contribution in [-0.2, 0) is 9.59 Å². The normalized spacial score (nSPS) is 20.3. The molecule has 2 aliphatic rings. The van der Waals surface area contributed by atoms with Gasteiger partial charge in [0.1, 0.15) is 0 Å². The predicted molar refractivity (Wildman–Crippen MR) is 125 cm³/mol. The molecule has 0 aromatic heterocycles.